The minimum atomic E-state index is -1.92. The van der Waals surface area contributed by atoms with E-state index in [9.17, 15) is 24.3 Å². The summed E-state index contributed by atoms with van der Waals surface area (Å²) in [6.07, 6.45) is -0.261. The maximum Gasteiger partial charge on any atom is 0.416 e. The Bertz CT molecular complexity index is 1930. The molecule has 2 fully saturated rings. The summed E-state index contributed by atoms with van der Waals surface area (Å²) in [6, 6.07) is 25.6. The van der Waals surface area contributed by atoms with E-state index in [0.29, 0.717) is 24.1 Å². The number of halogens is 2. The van der Waals surface area contributed by atoms with Crippen LogP contribution in [0.1, 0.15) is 47.4 Å². The van der Waals surface area contributed by atoms with Crippen LogP contribution in [0.2, 0.25) is 0 Å². The van der Waals surface area contributed by atoms with Crippen LogP contribution in [-0.2, 0) is 42.2 Å². The molecule has 1 N–H and O–H groups in total. The van der Waals surface area contributed by atoms with Gasteiger partial charge in [0, 0.05) is 46.5 Å². The van der Waals surface area contributed by atoms with Crippen molar-refractivity contribution >= 4 is 35.3 Å². The topological polar surface area (TPSA) is 131 Å². The van der Waals surface area contributed by atoms with Gasteiger partial charge in [-0.1, -0.05) is 91.0 Å². The van der Waals surface area contributed by atoms with E-state index in [1.165, 1.54) is 0 Å². The van der Waals surface area contributed by atoms with E-state index in [-0.39, 0.29) is 46.9 Å². The quantitative estimate of drug-likeness (QED) is 0.128. The Balaban J connectivity index is 0.00000523. The standard InChI is InChI=1S/C39H36F2N4O6.Ni/c40-29-16-9-17-30(41)34(29)28(23-33(46)45-21-22-51-39(45)50)36(38(48)49)43-35(26-13-5-2-6-14-26)27-15-7-8-18-31(27)42-37(47)32-19-10-20-44(32)24-25-11-3-1-4-12-25;/h1-9,11-18,28,32,36H,10,19-24H2,(H2,42,43,47,48,49);/p-1/t28-,32+,36+;/m1./s1. The average molecular weight is 752 g/mol. The van der Waals surface area contributed by atoms with Crippen LogP contribution in [0.25, 0.3) is 5.32 Å². The van der Waals surface area contributed by atoms with Crippen molar-refractivity contribution in [1.82, 2.24) is 9.80 Å². The number of aliphatic imine (C=N–C) groups is 1. The van der Waals surface area contributed by atoms with E-state index in [0.717, 1.165) is 41.6 Å². The summed E-state index contributed by atoms with van der Waals surface area (Å²) in [4.78, 5) is 59.9. The van der Waals surface area contributed by atoms with Crippen LogP contribution < -0.4 is 0 Å². The van der Waals surface area contributed by atoms with Gasteiger partial charge in [-0.3, -0.25) is 14.7 Å². The number of imide groups is 1. The molecular weight excluding hydrogens is 717 g/mol. The first-order valence-electron chi connectivity index (χ1n) is 16.6. The predicted octanol–water partition coefficient (Wildman–Crippen LogP) is 6.60. The summed E-state index contributed by atoms with van der Waals surface area (Å²) in [6.45, 7) is 1.15. The number of carboxylic acid groups (broad SMARTS) is 1. The molecule has 10 nitrogen and oxygen atoms in total. The van der Waals surface area contributed by atoms with Crippen LogP contribution in [0.15, 0.2) is 108 Å². The molecule has 0 bridgehead atoms. The minimum Gasteiger partial charge on any atom is -0.625 e. The molecular formula is C39H35F2N4NiO6-. The van der Waals surface area contributed by atoms with E-state index in [4.69, 9.17) is 4.74 Å². The molecule has 2 aliphatic rings. The molecule has 0 aliphatic carbocycles. The molecule has 3 atom stereocenters. The van der Waals surface area contributed by atoms with E-state index < -0.39 is 59.6 Å². The Kier molecular flexibility index (Phi) is 12.6. The fourth-order valence-corrected chi connectivity index (χ4v) is 6.58. The molecule has 2 heterocycles. The zero-order chi connectivity index (χ0) is 35.9. The first-order valence-corrected chi connectivity index (χ1v) is 16.6. The predicted molar refractivity (Wildman–Crippen MR) is 185 cm³/mol. The van der Waals surface area contributed by atoms with Crippen LogP contribution in [0.5, 0.6) is 0 Å². The van der Waals surface area contributed by atoms with Crippen molar-refractivity contribution in [3.63, 3.8) is 0 Å². The normalized spacial score (nSPS) is 17.2. The number of rotatable bonds is 12. The zero-order valence-corrected chi connectivity index (χ0v) is 28.8. The van der Waals surface area contributed by atoms with Crippen LogP contribution >= 0.6 is 0 Å². The van der Waals surface area contributed by atoms with Crippen molar-refractivity contribution in [2.24, 2.45) is 4.99 Å². The van der Waals surface area contributed by atoms with E-state index in [1.807, 2.05) is 30.3 Å². The van der Waals surface area contributed by atoms with E-state index in [2.05, 4.69) is 15.2 Å². The maximum absolute atomic E-state index is 15.4. The average Bonchev–Trinajstić information content (AvgIpc) is 3.78. The first kappa shape index (κ1) is 38.0. The molecule has 0 spiro atoms. The third kappa shape index (κ3) is 8.61. The largest absolute Gasteiger partial charge is 0.625 e. The Labute approximate surface area is 309 Å². The zero-order valence-electron chi connectivity index (χ0n) is 27.8. The number of hydrogen-bond acceptors (Lipinski definition) is 7. The second-order valence-corrected chi connectivity index (χ2v) is 12.3. The molecule has 0 saturated carbocycles. The van der Waals surface area contributed by atoms with Gasteiger partial charge in [0.2, 0.25) is 5.91 Å². The van der Waals surface area contributed by atoms with Crippen molar-refractivity contribution in [2.75, 3.05) is 19.7 Å². The number of ether oxygens (including phenoxy) is 1. The Morgan fingerprint density at radius 3 is 2.19 bits per heavy atom. The molecule has 0 aromatic heterocycles. The summed E-state index contributed by atoms with van der Waals surface area (Å²) in [5.74, 6) is -6.63. The Hall–Kier alpha value is -5.26. The Morgan fingerprint density at radius 2 is 1.54 bits per heavy atom. The summed E-state index contributed by atoms with van der Waals surface area (Å²) in [5.41, 5.74) is 1.46. The molecule has 3 amide bonds. The molecule has 4 aromatic carbocycles. The second-order valence-electron chi connectivity index (χ2n) is 12.3. The molecule has 272 valence electrons. The number of cyclic esters (lactones) is 1. The SMILES string of the molecule is O=C(O)[C@@H](N=C(c1ccccc1)c1ccccc1[N-]C(=O)[C@@H]1CCCN1Cc1ccccc1)[C@H](CC(=O)N1CCOC1=O)c1c(F)cccc1F.[Ni]. The summed E-state index contributed by atoms with van der Waals surface area (Å²) < 4.78 is 35.6. The first-order chi connectivity index (χ1) is 24.7. The molecule has 4 aromatic rings. The Morgan fingerprint density at radius 1 is 0.885 bits per heavy atom. The monoisotopic (exact) mass is 751 g/mol. The van der Waals surface area contributed by atoms with E-state index >= 15 is 8.78 Å². The molecule has 13 heteroatoms. The van der Waals surface area contributed by atoms with Crippen LogP contribution in [0.3, 0.4) is 0 Å². The number of aliphatic carboxylic acids is 1. The fourth-order valence-electron chi connectivity index (χ4n) is 6.58. The van der Waals surface area contributed by atoms with Crippen LogP contribution in [0, 0.1) is 11.6 Å². The number of benzene rings is 4. The molecule has 0 radical (unpaired) electrons. The summed E-state index contributed by atoms with van der Waals surface area (Å²) in [5, 5.41) is 15.1. The number of hydrogen-bond donors (Lipinski definition) is 1. The molecule has 0 unspecified atom stereocenters. The molecule has 52 heavy (non-hydrogen) atoms. The van der Waals surface area contributed by atoms with Crippen molar-refractivity contribution in [3.8, 4) is 0 Å². The molecule has 6 rings (SSSR count). The number of likely N-dealkylation sites (tertiary alicyclic amines) is 1. The number of carboxylic acids is 1. The second kappa shape index (κ2) is 17.3. The van der Waals surface area contributed by atoms with Crippen molar-refractivity contribution in [1.29, 1.82) is 0 Å². The van der Waals surface area contributed by atoms with Gasteiger partial charge in [0.25, 0.3) is 0 Å². The number of nitrogens with zero attached hydrogens (tertiary/aromatic N) is 4. The third-order valence-electron chi connectivity index (χ3n) is 9.04. The molecule has 2 aliphatic heterocycles. The van der Waals surface area contributed by atoms with Gasteiger partial charge in [-0.25, -0.2) is 23.3 Å². The number of para-hydroxylation sites is 1. The smallest absolute Gasteiger partial charge is 0.416 e. The van der Waals surface area contributed by atoms with E-state index in [1.54, 1.807) is 54.6 Å². The van der Waals surface area contributed by atoms with Gasteiger partial charge in [0.1, 0.15) is 18.2 Å². The van der Waals surface area contributed by atoms with Gasteiger partial charge < -0.3 is 20.0 Å². The van der Waals surface area contributed by atoms with Gasteiger partial charge in [0.05, 0.1) is 24.2 Å². The third-order valence-corrected chi connectivity index (χ3v) is 9.04. The van der Waals surface area contributed by atoms with Gasteiger partial charge in [-0.2, -0.15) is 0 Å². The van der Waals surface area contributed by atoms with Crippen molar-refractivity contribution in [3.05, 3.63) is 142 Å². The fraction of sp³-hybridized carbons (Fsp3) is 0.256. The maximum atomic E-state index is 15.4. The summed E-state index contributed by atoms with van der Waals surface area (Å²) in [7, 11) is 0. The van der Waals surface area contributed by atoms with Gasteiger partial charge in [-0.15, -0.1) is 5.69 Å². The number of carbonyl (C=O) groups is 4. The number of amides is 3. The van der Waals surface area contributed by atoms with Crippen molar-refractivity contribution < 1.29 is 54.3 Å². The van der Waals surface area contributed by atoms with Crippen molar-refractivity contribution in [2.45, 2.75) is 43.8 Å². The van der Waals surface area contributed by atoms with Gasteiger partial charge >= 0.3 is 12.1 Å². The van der Waals surface area contributed by atoms with Crippen LogP contribution in [-0.4, -0.2) is 76.3 Å². The minimum absolute atomic E-state index is 0. The van der Waals surface area contributed by atoms with Crippen LogP contribution in [0.4, 0.5) is 19.3 Å². The summed E-state index contributed by atoms with van der Waals surface area (Å²) >= 11 is 0. The molecule has 2 saturated heterocycles. The van der Waals surface area contributed by atoms with Gasteiger partial charge in [0.15, 0.2) is 6.04 Å². The van der Waals surface area contributed by atoms with Gasteiger partial charge in [-0.05, 0) is 42.6 Å². The number of carbonyl (C=O) groups excluding carboxylic acids is 3.